The molecule has 1 unspecified atom stereocenters. The zero-order valence-electron chi connectivity index (χ0n) is 10.7. The topological polar surface area (TPSA) is 72.2 Å². The molecule has 1 atom stereocenters. The summed E-state index contributed by atoms with van der Waals surface area (Å²) < 4.78 is 36.3. The molecule has 0 aromatic heterocycles. The molecule has 1 aromatic rings. The van der Waals surface area contributed by atoms with Crippen molar-refractivity contribution in [2.75, 3.05) is 11.5 Å². The van der Waals surface area contributed by atoms with E-state index in [4.69, 9.17) is 5.84 Å². The van der Waals surface area contributed by atoms with Crippen molar-refractivity contribution in [1.82, 2.24) is 5.43 Å². The van der Waals surface area contributed by atoms with E-state index in [-0.39, 0.29) is 23.4 Å². The SMILES string of the molecule is CCS(=O)(=O)CCCC(NN)c1ccc(F)c(Br)c1. The molecule has 19 heavy (non-hydrogen) atoms. The number of benzene rings is 1. The number of hydrogen-bond acceptors (Lipinski definition) is 4. The molecule has 108 valence electrons. The lowest BCUT2D eigenvalue weighted by atomic mass is 10.0. The van der Waals surface area contributed by atoms with Crippen LogP contribution in [0, 0.1) is 5.82 Å². The maximum Gasteiger partial charge on any atom is 0.150 e. The zero-order chi connectivity index (χ0) is 14.5. The molecule has 7 heteroatoms. The number of halogens is 2. The van der Waals surface area contributed by atoms with Gasteiger partial charge in [0.25, 0.3) is 0 Å². The minimum absolute atomic E-state index is 0.143. The van der Waals surface area contributed by atoms with E-state index in [9.17, 15) is 12.8 Å². The van der Waals surface area contributed by atoms with E-state index in [0.717, 1.165) is 5.56 Å². The highest BCUT2D eigenvalue weighted by Gasteiger charge is 2.14. The summed E-state index contributed by atoms with van der Waals surface area (Å²) in [6, 6.07) is 4.45. The lowest BCUT2D eigenvalue weighted by molar-refractivity contribution is 0.505. The fourth-order valence-electron chi connectivity index (χ4n) is 1.73. The van der Waals surface area contributed by atoms with Crippen LogP contribution in [0.4, 0.5) is 4.39 Å². The predicted octanol–water partition coefficient (Wildman–Crippen LogP) is 2.31. The van der Waals surface area contributed by atoms with E-state index < -0.39 is 9.84 Å². The molecule has 4 nitrogen and oxygen atoms in total. The van der Waals surface area contributed by atoms with Gasteiger partial charge in [0.15, 0.2) is 0 Å². The third kappa shape index (κ3) is 5.18. The van der Waals surface area contributed by atoms with Gasteiger partial charge in [0.2, 0.25) is 0 Å². The Labute approximate surface area is 121 Å². The van der Waals surface area contributed by atoms with Crippen LogP contribution >= 0.6 is 15.9 Å². The summed E-state index contributed by atoms with van der Waals surface area (Å²) in [5, 5.41) is 0. The van der Waals surface area contributed by atoms with Gasteiger partial charge >= 0.3 is 0 Å². The molecule has 3 N–H and O–H groups in total. The molecule has 0 bridgehead atoms. The van der Waals surface area contributed by atoms with E-state index in [0.29, 0.717) is 17.3 Å². The van der Waals surface area contributed by atoms with E-state index in [1.54, 1.807) is 19.1 Å². The summed E-state index contributed by atoms with van der Waals surface area (Å²) in [7, 11) is -2.96. The van der Waals surface area contributed by atoms with Gasteiger partial charge in [-0.3, -0.25) is 11.3 Å². The molecule has 0 aliphatic carbocycles. The highest BCUT2D eigenvalue weighted by molar-refractivity contribution is 9.10. The molecule has 0 saturated heterocycles. The molecule has 0 saturated carbocycles. The summed E-state index contributed by atoms with van der Waals surface area (Å²) in [6.07, 6.45) is 1.09. The van der Waals surface area contributed by atoms with Crippen LogP contribution in [0.1, 0.15) is 31.4 Å². The minimum atomic E-state index is -2.96. The summed E-state index contributed by atoms with van der Waals surface area (Å²) in [5.41, 5.74) is 3.45. The maximum atomic E-state index is 13.1. The number of sulfone groups is 1. The van der Waals surface area contributed by atoms with Crippen molar-refractivity contribution in [3.8, 4) is 0 Å². The monoisotopic (exact) mass is 352 g/mol. The molecule has 0 aliphatic rings. The van der Waals surface area contributed by atoms with Gasteiger partial charge in [-0.1, -0.05) is 13.0 Å². The van der Waals surface area contributed by atoms with Crippen molar-refractivity contribution in [3.63, 3.8) is 0 Å². The van der Waals surface area contributed by atoms with Crippen molar-refractivity contribution in [1.29, 1.82) is 0 Å². The van der Waals surface area contributed by atoms with Crippen molar-refractivity contribution >= 4 is 25.8 Å². The summed E-state index contributed by atoms with van der Waals surface area (Å²) >= 11 is 3.12. The Balaban J connectivity index is 2.66. The molecule has 0 spiro atoms. The highest BCUT2D eigenvalue weighted by Crippen LogP contribution is 2.23. The number of nitrogens with one attached hydrogen (secondary N) is 1. The Hall–Kier alpha value is -0.500. The first-order valence-electron chi connectivity index (χ1n) is 6.01. The second kappa shape index (κ2) is 7.33. The van der Waals surface area contributed by atoms with Crippen molar-refractivity contribution in [2.24, 2.45) is 5.84 Å². The van der Waals surface area contributed by atoms with Crippen LogP contribution in [0.25, 0.3) is 0 Å². The van der Waals surface area contributed by atoms with Crippen LogP contribution in [0.15, 0.2) is 22.7 Å². The minimum Gasteiger partial charge on any atom is -0.271 e. The summed E-state index contributed by atoms with van der Waals surface area (Å²) in [4.78, 5) is 0. The average Bonchev–Trinajstić information content (AvgIpc) is 2.38. The molecular weight excluding hydrogens is 335 g/mol. The lowest BCUT2D eigenvalue weighted by Gasteiger charge is -2.16. The molecular formula is C12H18BrFN2O2S. The lowest BCUT2D eigenvalue weighted by Crippen LogP contribution is -2.28. The third-order valence-electron chi connectivity index (χ3n) is 2.94. The molecule has 1 aromatic carbocycles. The van der Waals surface area contributed by atoms with Gasteiger partial charge in [-0.2, -0.15) is 0 Å². The quantitative estimate of drug-likeness (QED) is 0.583. The number of hydrogen-bond donors (Lipinski definition) is 2. The van der Waals surface area contributed by atoms with Crippen molar-refractivity contribution < 1.29 is 12.8 Å². The first-order chi connectivity index (χ1) is 8.89. The van der Waals surface area contributed by atoms with Gasteiger partial charge in [0.05, 0.1) is 10.2 Å². The van der Waals surface area contributed by atoms with Crippen LogP contribution < -0.4 is 11.3 Å². The largest absolute Gasteiger partial charge is 0.271 e. The normalized spacial score (nSPS) is 13.5. The van der Waals surface area contributed by atoms with Crippen LogP contribution in [-0.4, -0.2) is 19.9 Å². The standard InChI is InChI=1S/C12H18BrFN2O2S/c1-2-19(17,18)7-3-4-12(16-15)9-5-6-11(14)10(13)8-9/h5-6,8,12,16H,2-4,7,15H2,1H3. The predicted molar refractivity (Wildman–Crippen MR) is 77.7 cm³/mol. The van der Waals surface area contributed by atoms with Crippen LogP contribution in [0.2, 0.25) is 0 Å². The first-order valence-corrected chi connectivity index (χ1v) is 8.62. The summed E-state index contributed by atoms with van der Waals surface area (Å²) in [6.45, 7) is 1.63. The number of rotatable bonds is 7. The van der Waals surface area contributed by atoms with Gasteiger partial charge in [-0.25, -0.2) is 12.8 Å². The molecule has 1 rings (SSSR count). The smallest absolute Gasteiger partial charge is 0.150 e. The highest BCUT2D eigenvalue weighted by atomic mass is 79.9. The van der Waals surface area contributed by atoms with E-state index >= 15 is 0 Å². The number of nitrogens with two attached hydrogens (primary N) is 1. The number of hydrazine groups is 1. The van der Waals surface area contributed by atoms with Crippen LogP contribution in [-0.2, 0) is 9.84 Å². The van der Waals surface area contributed by atoms with E-state index in [1.807, 2.05) is 0 Å². The van der Waals surface area contributed by atoms with Gasteiger partial charge in [0.1, 0.15) is 15.7 Å². The van der Waals surface area contributed by atoms with Crippen LogP contribution in [0.3, 0.4) is 0 Å². The van der Waals surface area contributed by atoms with Gasteiger partial charge in [-0.05, 0) is 46.5 Å². The molecule has 0 heterocycles. The second-order valence-corrected chi connectivity index (χ2v) is 7.60. The van der Waals surface area contributed by atoms with Crippen molar-refractivity contribution in [3.05, 3.63) is 34.1 Å². The Bertz CT molecular complexity index is 522. The fourth-order valence-corrected chi connectivity index (χ4v) is 3.02. The Kier molecular flexibility index (Phi) is 6.38. The van der Waals surface area contributed by atoms with Gasteiger partial charge in [0, 0.05) is 11.8 Å². The van der Waals surface area contributed by atoms with E-state index in [2.05, 4.69) is 21.4 Å². The second-order valence-electron chi connectivity index (χ2n) is 4.27. The first kappa shape index (κ1) is 16.6. The third-order valence-corrected chi connectivity index (χ3v) is 5.33. The molecule has 0 aliphatic heterocycles. The zero-order valence-corrected chi connectivity index (χ0v) is 13.1. The van der Waals surface area contributed by atoms with Crippen LogP contribution in [0.5, 0.6) is 0 Å². The Morgan fingerprint density at radius 1 is 1.47 bits per heavy atom. The van der Waals surface area contributed by atoms with Gasteiger partial charge < -0.3 is 0 Å². The molecule has 0 fully saturated rings. The molecule has 0 amide bonds. The van der Waals surface area contributed by atoms with Gasteiger partial charge in [-0.15, -0.1) is 0 Å². The Morgan fingerprint density at radius 2 is 2.16 bits per heavy atom. The molecule has 0 radical (unpaired) electrons. The van der Waals surface area contributed by atoms with E-state index in [1.165, 1.54) is 6.07 Å². The maximum absolute atomic E-state index is 13.1. The van der Waals surface area contributed by atoms with Crippen molar-refractivity contribution in [2.45, 2.75) is 25.8 Å². The fraction of sp³-hybridized carbons (Fsp3) is 0.500. The summed E-state index contributed by atoms with van der Waals surface area (Å²) in [5.74, 6) is 5.42. The Morgan fingerprint density at radius 3 is 2.68 bits per heavy atom. The average molecular weight is 353 g/mol.